The van der Waals surface area contributed by atoms with Crippen LogP contribution in [0.5, 0.6) is 0 Å². The van der Waals surface area contributed by atoms with E-state index in [-0.39, 0.29) is 11.8 Å². The first-order chi connectivity index (χ1) is 12.0. The first-order valence-electron chi connectivity index (χ1n) is 9.09. The molecule has 2 fully saturated rings. The number of piperazine rings is 1. The molecule has 1 heterocycles. The van der Waals surface area contributed by atoms with Crippen LogP contribution in [-0.4, -0.2) is 60.9 Å². The number of hydrogen-bond acceptors (Lipinski definition) is 3. The van der Waals surface area contributed by atoms with Crippen LogP contribution >= 0.6 is 11.6 Å². The average Bonchev–Trinajstić information content (AvgIpc) is 3.45. The Labute approximate surface area is 154 Å². The fourth-order valence-electron chi connectivity index (χ4n) is 3.37. The van der Waals surface area contributed by atoms with Crippen molar-refractivity contribution in [1.82, 2.24) is 15.1 Å². The van der Waals surface area contributed by atoms with E-state index in [9.17, 15) is 9.59 Å². The zero-order chi connectivity index (χ0) is 17.9. The summed E-state index contributed by atoms with van der Waals surface area (Å²) in [7, 11) is 0. The van der Waals surface area contributed by atoms with Gasteiger partial charge in [0.15, 0.2) is 0 Å². The first kappa shape index (κ1) is 18.2. The Balaban J connectivity index is 1.49. The highest BCUT2D eigenvalue weighted by atomic mass is 35.5. The van der Waals surface area contributed by atoms with Crippen molar-refractivity contribution in [3.8, 4) is 0 Å². The fraction of sp³-hybridized carbons (Fsp3) is 0.579. The van der Waals surface area contributed by atoms with Gasteiger partial charge in [-0.25, -0.2) is 0 Å². The minimum Gasteiger partial charge on any atom is -0.355 e. The highest BCUT2D eigenvalue weighted by Crippen LogP contribution is 2.47. The number of nitrogens with zero attached hydrogens (tertiary/aromatic N) is 2. The van der Waals surface area contributed by atoms with Crippen LogP contribution in [0.1, 0.15) is 25.3 Å². The van der Waals surface area contributed by atoms with E-state index in [4.69, 9.17) is 11.6 Å². The molecule has 0 spiro atoms. The van der Waals surface area contributed by atoms with Crippen molar-refractivity contribution >= 4 is 23.4 Å². The van der Waals surface area contributed by atoms with Gasteiger partial charge in [-0.3, -0.25) is 9.59 Å². The van der Waals surface area contributed by atoms with E-state index in [1.54, 1.807) is 0 Å². The second-order valence-electron chi connectivity index (χ2n) is 6.94. The quantitative estimate of drug-likeness (QED) is 0.786. The molecule has 0 unspecified atom stereocenters. The maximum atomic E-state index is 12.8. The predicted octanol–water partition coefficient (Wildman–Crippen LogP) is 1.94. The van der Waals surface area contributed by atoms with Crippen molar-refractivity contribution in [2.24, 2.45) is 5.41 Å². The summed E-state index contributed by atoms with van der Waals surface area (Å²) in [5.74, 6) is -0.0865. The number of likely N-dealkylation sites (N-methyl/N-ethyl adjacent to an activating group) is 1. The van der Waals surface area contributed by atoms with Crippen LogP contribution in [0.2, 0.25) is 5.02 Å². The number of carbonyl (C=O) groups is 2. The molecule has 1 saturated heterocycles. The maximum Gasteiger partial charge on any atom is 0.238 e. The Bertz CT molecular complexity index is 620. The van der Waals surface area contributed by atoms with Crippen molar-refractivity contribution in [3.63, 3.8) is 0 Å². The van der Waals surface area contributed by atoms with Crippen molar-refractivity contribution in [2.45, 2.75) is 26.2 Å². The van der Waals surface area contributed by atoms with E-state index in [2.05, 4.69) is 17.1 Å². The molecule has 5 nitrogen and oxygen atoms in total. The molecule has 3 rings (SSSR count). The van der Waals surface area contributed by atoms with Crippen LogP contribution in [0.25, 0.3) is 0 Å². The molecule has 25 heavy (non-hydrogen) atoms. The molecule has 1 N–H and O–H groups in total. The molecule has 1 aromatic rings. The van der Waals surface area contributed by atoms with Crippen LogP contribution in [0, 0.1) is 5.41 Å². The minimum atomic E-state index is -0.797. The third-order valence-corrected chi connectivity index (χ3v) is 5.57. The molecular weight excluding hydrogens is 338 g/mol. The topological polar surface area (TPSA) is 52.7 Å². The van der Waals surface area contributed by atoms with E-state index in [0.29, 0.717) is 24.4 Å². The highest BCUT2D eigenvalue weighted by Gasteiger charge is 2.57. The first-order valence-corrected chi connectivity index (χ1v) is 9.47. The van der Waals surface area contributed by atoms with Gasteiger partial charge in [-0.15, -0.1) is 0 Å². The molecule has 0 atom stereocenters. The van der Waals surface area contributed by atoms with Crippen LogP contribution < -0.4 is 5.32 Å². The molecule has 1 saturated carbocycles. The molecule has 0 bridgehead atoms. The second kappa shape index (κ2) is 7.75. The van der Waals surface area contributed by atoms with Gasteiger partial charge in [0.25, 0.3) is 0 Å². The van der Waals surface area contributed by atoms with Crippen LogP contribution in [-0.2, 0) is 16.0 Å². The van der Waals surface area contributed by atoms with Gasteiger partial charge in [0.1, 0.15) is 5.41 Å². The van der Waals surface area contributed by atoms with E-state index in [0.717, 1.165) is 44.7 Å². The fourth-order valence-corrected chi connectivity index (χ4v) is 3.50. The minimum absolute atomic E-state index is 0.0206. The lowest BCUT2D eigenvalue weighted by molar-refractivity contribution is -0.145. The van der Waals surface area contributed by atoms with E-state index in [1.807, 2.05) is 29.2 Å². The molecule has 136 valence electrons. The zero-order valence-electron chi connectivity index (χ0n) is 14.8. The Kier molecular flexibility index (Phi) is 5.64. The van der Waals surface area contributed by atoms with Crippen LogP contribution in [0.3, 0.4) is 0 Å². The molecule has 1 aromatic carbocycles. The summed E-state index contributed by atoms with van der Waals surface area (Å²) in [5.41, 5.74) is 0.325. The summed E-state index contributed by atoms with van der Waals surface area (Å²) in [6.07, 6.45) is 2.08. The summed E-state index contributed by atoms with van der Waals surface area (Å²) >= 11 is 5.88. The third-order valence-electron chi connectivity index (χ3n) is 5.31. The molecule has 2 aliphatic rings. The number of halogens is 1. The SMILES string of the molecule is CCN1CCN(C(=O)C2(C(=O)NCCc3ccc(Cl)cc3)CC2)CC1. The van der Waals surface area contributed by atoms with Gasteiger partial charge in [-0.05, 0) is 43.5 Å². The second-order valence-corrected chi connectivity index (χ2v) is 7.38. The van der Waals surface area contributed by atoms with E-state index in [1.165, 1.54) is 0 Å². The number of amides is 2. The summed E-state index contributed by atoms with van der Waals surface area (Å²) in [6.45, 7) is 6.94. The molecule has 6 heteroatoms. The van der Waals surface area contributed by atoms with Gasteiger partial charge in [-0.1, -0.05) is 30.7 Å². The van der Waals surface area contributed by atoms with Crippen molar-refractivity contribution in [1.29, 1.82) is 0 Å². The Morgan fingerprint density at radius 1 is 1.12 bits per heavy atom. The third kappa shape index (κ3) is 4.15. The normalized spacial score (nSPS) is 19.5. The van der Waals surface area contributed by atoms with Gasteiger partial charge >= 0.3 is 0 Å². The van der Waals surface area contributed by atoms with Crippen molar-refractivity contribution < 1.29 is 9.59 Å². The van der Waals surface area contributed by atoms with E-state index >= 15 is 0 Å². The van der Waals surface area contributed by atoms with E-state index < -0.39 is 5.41 Å². The van der Waals surface area contributed by atoms with Gasteiger partial charge in [0.05, 0.1) is 0 Å². The number of benzene rings is 1. The lowest BCUT2D eigenvalue weighted by Gasteiger charge is -2.35. The standard InChI is InChI=1S/C19H26ClN3O2/c1-2-22-11-13-23(14-12-22)18(25)19(8-9-19)17(24)21-10-7-15-3-5-16(20)6-4-15/h3-6H,2,7-14H2,1H3,(H,21,24). The molecule has 1 aliphatic carbocycles. The summed E-state index contributed by atoms with van der Waals surface area (Å²) < 4.78 is 0. The number of hydrogen-bond donors (Lipinski definition) is 1. The zero-order valence-corrected chi connectivity index (χ0v) is 15.5. The van der Waals surface area contributed by atoms with Crippen molar-refractivity contribution in [2.75, 3.05) is 39.3 Å². The smallest absolute Gasteiger partial charge is 0.238 e. The lowest BCUT2D eigenvalue weighted by atomic mass is 10.0. The number of carbonyl (C=O) groups excluding carboxylic acids is 2. The number of nitrogens with one attached hydrogen (secondary N) is 1. The van der Waals surface area contributed by atoms with Gasteiger partial charge < -0.3 is 15.1 Å². The van der Waals surface area contributed by atoms with Gasteiger partial charge in [0, 0.05) is 37.7 Å². The van der Waals surface area contributed by atoms with Gasteiger partial charge in [-0.2, -0.15) is 0 Å². The molecule has 2 amide bonds. The number of rotatable bonds is 6. The maximum absolute atomic E-state index is 12.8. The summed E-state index contributed by atoms with van der Waals surface area (Å²) in [6, 6.07) is 7.61. The lowest BCUT2D eigenvalue weighted by Crippen LogP contribution is -2.53. The van der Waals surface area contributed by atoms with Gasteiger partial charge in [0.2, 0.25) is 11.8 Å². The summed E-state index contributed by atoms with van der Waals surface area (Å²) in [4.78, 5) is 29.6. The largest absolute Gasteiger partial charge is 0.355 e. The average molecular weight is 364 g/mol. The Morgan fingerprint density at radius 2 is 1.76 bits per heavy atom. The Morgan fingerprint density at radius 3 is 2.32 bits per heavy atom. The van der Waals surface area contributed by atoms with Crippen molar-refractivity contribution in [3.05, 3.63) is 34.9 Å². The van der Waals surface area contributed by atoms with Crippen LogP contribution in [0.4, 0.5) is 0 Å². The Hall–Kier alpha value is -1.59. The molecular formula is C19H26ClN3O2. The molecule has 0 aromatic heterocycles. The highest BCUT2D eigenvalue weighted by molar-refractivity contribution is 6.30. The predicted molar refractivity (Wildman–Crippen MR) is 98.5 cm³/mol. The molecule has 1 aliphatic heterocycles. The summed E-state index contributed by atoms with van der Waals surface area (Å²) in [5, 5.41) is 3.67. The molecule has 0 radical (unpaired) electrons. The monoisotopic (exact) mass is 363 g/mol. The van der Waals surface area contributed by atoms with Crippen LogP contribution in [0.15, 0.2) is 24.3 Å².